The van der Waals surface area contributed by atoms with Crippen LogP contribution in [-0.2, 0) is 25.1 Å². The third-order valence-electron chi connectivity index (χ3n) is 3.33. The van der Waals surface area contributed by atoms with Gasteiger partial charge >= 0.3 is 6.09 Å². The summed E-state index contributed by atoms with van der Waals surface area (Å²) in [5.41, 5.74) is 0.212. The average Bonchev–Trinajstić information content (AvgIpc) is 2.42. The van der Waals surface area contributed by atoms with Crippen molar-refractivity contribution in [3.8, 4) is 0 Å². The van der Waals surface area contributed by atoms with E-state index in [0.29, 0.717) is 6.54 Å². The van der Waals surface area contributed by atoms with Gasteiger partial charge in [-0.3, -0.25) is 0 Å². The molecular weight excluding hydrogens is 342 g/mol. The van der Waals surface area contributed by atoms with E-state index in [0.717, 1.165) is 5.56 Å². The van der Waals surface area contributed by atoms with Crippen LogP contribution < -0.4 is 0 Å². The third-order valence-corrected chi connectivity index (χ3v) is 4.48. The monoisotopic (exact) mass is 361 g/mol. The number of ether oxygens (including phenoxy) is 2. The number of rotatable bonds is 4. The molecule has 2 rings (SSSR count). The summed E-state index contributed by atoms with van der Waals surface area (Å²) in [4.78, 5) is 13.7. The number of amides is 1. The van der Waals surface area contributed by atoms with Gasteiger partial charge in [0.2, 0.25) is 9.05 Å². The molecule has 1 aromatic carbocycles. The Kier molecular flexibility index (Phi) is 5.54. The van der Waals surface area contributed by atoms with Gasteiger partial charge in [-0.25, -0.2) is 13.2 Å². The summed E-state index contributed by atoms with van der Waals surface area (Å²) in [5, 5.41) is 0. The summed E-state index contributed by atoms with van der Waals surface area (Å²) in [6.07, 6.45) is -1.17. The smallest absolute Gasteiger partial charge is 0.410 e. The molecule has 0 saturated carbocycles. The van der Waals surface area contributed by atoms with Crippen LogP contribution in [0.1, 0.15) is 19.4 Å². The molecule has 8 heteroatoms. The van der Waals surface area contributed by atoms with E-state index in [-0.39, 0.29) is 18.9 Å². The Morgan fingerprint density at radius 3 is 2.65 bits per heavy atom. The van der Waals surface area contributed by atoms with Gasteiger partial charge < -0.3 is 14.4 Å². The van der Waals surface area contributed by atoms with Crippen molar-refractivity contribution in [3.05, 3.63) is 35.9 Å². The first-order chi connectivity index (χ1) is 10.6. The molecule has 0 bridgehead atoms. The molecule has 0 aliphatic carbocycles. The molecule has 1 fully saturated rings. The highest BCUT2D eigenvalue weighted by molar-refractivity contribution is 8.13. The van der Waals surface area contributed by atoms with Crippen LogP contribution in [0.2, 0.25) is 0 Å². The molecule has 23 heavy (non-hydrogen) atoms. The maximum absolute atomic E-state index is 12.2. The minimum atomic E-state index is -3.71. The van der Waals surface area contributed by atoms with Crippen LogP contribution in [0.4, 0.5) is 4.79 Å². The molecule has 128 valence electrons. The van der Waals surface area contributed by atoms with Gasteiger partial charge in [0.05, 0.1) is 30.5 Å². The van der Waals surface area contributed by atoms with Crippen LogP contribution in [0.3, 0.4) is 0 Å². The zero-order valence-electron chi connectivity index (χ0n) is 13.1. The van der Waals surface area contributed by atoms with Crippen molar-refractivity contribution >= 4 is 25.8 Å². The standard InChI is InChI=1S/C15H20ClNO5S/c1-15(2)11-17(8-13(22-15)10-23(16,19)20)14(18)21-9-12-6-4-3-5-7-12/h3-7,13H,8-11H2,1-2H3. The van der Waals surface area contributed by atoms with Gasteiger partial charge in [-0.1, -0.05) is 30.3 Å². The van der Waals surface area contributed by atoms with Crippen molar-refractivity contribution in [2.75, 3.05) is 18.8 Å². The van der Waals surface area contributed by atoms with Crippen molar-refractivity contribution in [3.63, 3.8) is 0 Å². The van der Waals surface area contributed by atoms with Crippen LogP contribution in [0, 0.1) is 0 Å². The van der Waals surface area contributed by atoms with Crippen molar-refractivity contribution in [1.82, 2.24) is 4.90 Å². The molecule has 0 spiro atoms. The number of carbonyl (C=O) groups excluding carboxylic acids is 1. The first-order valence-corrected chi connectivity index (χ1v) is 9.68. The molecule has 0 radical (unpaired) electrons. The van der Waals surface area contributed by atoms with Crippen molar-refractivity contribution in [1.29, 1.82) is 0 Å². The van der Waals surface area contributed by atoms with Crippen LogP contribution in [0.25, 0.3) is 0 Å². The van der Waals surface area contributed by atoms with Crippen molar-refractivity contribution in [2.45, 2.75) is 32.2 Å². The fourth-order valence-electron chi connectivity index (χ4n) is 2.55. The van der Waals surface area contributed by atoms with Crippen molar-refractivity contribution < 1.29 is 22.7 Å². The average molecular weight is 362 g/mol. The molecule has 1 aliphatic rings. The first-order valence-electron chi connectivity index (χ1n) is 7.20. The molecule has 1 amide bonds. The number of benzene rings is 1. The predicted octanol–water partition coefficient (Wildman–Crippen LogP) is 2.37. The molecule has 6 nitrogen and oxygen atoms in total. The second kappa shape index (κ2) is 7.07. The van der Waals surface area contributed by atoms with Gasteiger partial charge in [-0.2, -0.15) is 0 Å². The van der Waals surface area contributed by atoms with E-state index in [1.165, 1.54) is 4.90 Å². The fraction of sp³-hybridized carbons (Fsp3) is 0.533. The lowest BCUT2D eigenvalue weighted by atomic mass is 10.1. The Bertz CT molecular complexity index is 647. The first kappa shape index (κ1) is 18.0. The Hall–Kier alpha value is -1.31. The second-order valence-corrected chi connectivity index (χ2v) is 8.95. The zero-order chi connectivity index (χ0) is 17.1. The largest absolute Gasteiger partial charge is 0.445 e. The normalized spacial score (nSPS) is 21.0. The minimum Gasteiger partial charge on any atom is -0.445 e. The summed E-state index contributed by atoms with van der Waals surface area (Å²) >= 11 is 0. The van der Waals surface area contributed by atoms with E-state index in [1.54, 1.807) is 13.8 Å². The van der Waals surface area contributed by atoms with Crippen LogP contribution >= 0.6 is 10.7 Å². The van der Waals surface area contributed by atoms with Crippen LogP contribution in [0.15, 0.2) is 30.3 Å². The number of carbonyl (C=O) groups is 1. The molecule has 1 saturated heterocycles. The van der Waals surface area contributed by atoms with Gasteiger partial charge in [0.25, 0.3) is 0 Å². The van der Waals surface area contributed by atoms with Crippen LogP contribution in [-0.4, -0.2) is 50.0 Å². The third kappa shape index (κ3) is 6.01. The molecule has 1 aliphatic heterocycles. The molecule has 1 atom stereocenters. The zero-order valence-corrected chi connectivity index (χ0v) is 14.6. The lowest BCUT2D eigenvalue weighted by Crippen LogP contribution is -2.56. The van der Waals surface area contributed by atoms with Gasteiger partial charge in [0.15, 0.2) is 0 Å². The minimum absolute atomic E-state index is 0.128. The van der Waals surface area contributed by atoms with Gasteiger partial charge in [-0.05, 0) is 19.4 Å². The number of nitrogens with zero attached hydrogens (tertiary/aromatic N) is 1. The molecule has 1 unspecified atom stereocenters. The van der Waals surface area contributed by atoms with Gasteiger partial charge in [0, 0.05) is 10.7 Å². The highest BCUT2D eigenvalue weighted by atomic mass is 35.7. The summed E-state index contributed by atoms with van der Waals surface area (Å²) in [6, 6.07) is 9.33. The maximum Gasteiger partial charge on any atom is 0.410 e. The molecular formula is C15H20ClNO5S. The molecule has 1 heterocycles. The van der Waals surface area contributed by atoms with E-state index < -0.39 is 26.8 Å². The Labute approximate surface area is 140 Å². The lowest BCUT2D eigenvalue weighted by molar-refractivity contribution is -0.121. The molecule has 0 N–H and O–H groups in total. The van der Waals surface area contributed by atoms with Gasteiger partial charge in [-0.15, -0.1) is 0 Å². The Morgan fingerprint density at radius 2 is 2.04 bits per heavy atom. The van der Waals surface area contributed by atoms with E-state index >= 15 is 0 Å². The van der Waals surface area contributed by atoms with E-state index in [9.17, 15) is 13.2 Å². The number of hydrogen-bond acceptors (Lipinski definition) is 5. The molecule has 0 aromatic heterocycles. The van der Waals surface area contributed by atoms with E-state index in [2.05, 4.69) is 0 Å². The fourth-order valence-corrected chi connectivity index (χ4v) is 3.59. The topological polar surface area (TPSA) is 72.9 Å². The highest BCUT2D eigenvalue weighted by Gasteiger charge is 2.37. The van der Waals surface area contributed by atoms with Gasteiger partial charge in [0.1, 0.15) is 6.61 Å². The quantitative estimate of drug-likeness (QED) is 0.770. The van der Waals surface area contributed by atoms with E-state index in [4.69, 9.17) is 20.2 Å². The summed E-state index contributed by atoms with van der Waals surface area (Å²) in [5.74, 6) is -0.347. The van der Waals surface area contributed by atoms with Crippen molar-refractivity contribution in [2.24, 2.45) is 0 Å². The second-order valence-electron chi connectivity index (χ2n) is 6.13. The number of morpholine rings is 1. The number of halogens is 1. The molecule has 1 aromatic rings. The Balaban J connectivity index is 1.98. The summed E-state index contributed by atoms with van der Waals surface area (Å²) in [7, 11) is 1.58. The SMILES string of the molecule is CC1(C)CN(C(=O)OCc2ccccc2)CC(CS(=O)(=O)Cl)O1. The number of hydrogen-bond donors (Lipinski definition) is 0. The predicted molar refractivity (Wildman–Crippen MR) is 86.8 cm³/mol. The maximum atomic E-state index is 12.2. The summed E-state index contributed by atoms with van der Waals surface area (Å²) < 4.78 is 33.5. The van der Waals surface area contributed by atoms with E-state index in [1.807, 2.05) is 30.3 Å². The Morgan fingerprint density at radius 1 is 1.39 bits per heavy atom. The lowest BCUT2D eigenvalue weighted by Gasteiger charge is -2.41. The highest BCUT2D eigenvalue weighted by Crippen LogP contribution is 2.23. The van der Waals surface area contributed by atoms with Crippen LogP contribution in [0.5, 0.6) is 0 Å². The summed E-state index contributed by atoms with van der Waals surface area (Å²) in [6.45, 7) is 4.19.